The zero-order chi connectivity index (χ0) is 23.8. The summed E-state index contributed by atoms with van der Waals surface area (Å²) in [7, 11) is 0. The quantitative estimate of drug-likeness (QED) is 0.347. The van der Waals surface area contributed by atoms with Crippen LogP contribution in [-0.2, 0) is 14.3 Å². The molecule has 0 N–H and O–H groups in total. The number of ketones is 2. The molecule has 34 heavy (non-hydrogen) atoms. The second-order valence-electron chi connectivity index (χ2n) is 8.52. The summed E-state index contributed by atoms with van der Waals surface area (Å²) >= 11 is 9.39. The number of hydrogen-bond donors (Lipinski definition) is 0. The number of hydrogen-bond acceptors (Lipinski definition) is 5. The van der Waals surface area contributed by atoms with Gasteiger partial charge in [0.2, 0.25) is 29.0 Å². The third kappa shape index (κ3) is 2.72. The molecule has 2 fully saturated rings. The maximum atomic E-state index is 13.8. The predicted octanol–water partition coefficient (Wildman–Crippen LogP) is 4.80. The van der Waals surface area contributed by atoms with Crippen molar-refractivity contribution in [3.8, 4) is 0 Å². The first-order valence-corrected chi connectivity index (χ1v) is 11.8. The van der Waals surface area contributed by atoms with E-state index in [2.05, 4.69) is 15.9 Å². The van der Waals surface area contributed by atoms with Crippen LogP contribution in [0.1, 0.15) is 32.4 Å². The number of ether oxygens (including phenoxy) is 1. The molecule has 2 heterocycles. The molecule has 3 aromatic rings. The van der Waals surface area contributed by atoms with E-state index in [1.807, 2.05) is 0 Å². The van der Waals surface area contributed by atoms with Crippen molar-refractivity contribution in [1.82, 2.24) is 0 Å². The van der Waals surface area contributed by atoms with E-state index in [4.69, 9.17) is 16.3 Å². The molecule has 1 aliphatic carbocycles. The van der Waals surface area contributed by atoms with Gasteiger partial charge in [0.15, 0.2) is 0 Å². The maximum Gasteiger partial charge on any atom is 0.241 e. The molecule has 6 rings (SSSR count). The Morgan fingerprint density at radius 3 is 1.97 bits per heavy atom. The summed E-state index contributed by atoms with van der Waals surface area (Å²) in [6.07, 6.45) is -0.971. The van der Waals surface area contributed by atoms with Gasteiger partial charge in [-0.3, -0.25) is 19.2 Å². The van der Waals surface area contributed by atoms with Crippen molar-refractivity contribution >= 4 is 56.6 Å². The van der Waals surface area contributed by atoms with E-state index >= 15 is 0 Å². The molecule has 0 unspecified atom stereocenters. The maximum absolute atomic E-state index is 13.8. The highest BCUT2D eigenvalue weighted by Gasteiger charge is 2.74. The summed E-state index contributed by atoms with van der Waals surface area (Å²) in [5.41, 5.74) is -0.759. The van der Waals surface area contributed by atoms with Gasteiger partial charge in [-0.05, 0) is 42.0 Å². The van der Waals surface area contributed by atoms with Crippen molar-refractivity contribution in [2.24, 2.45) is 11.8 Å². The van der Waals surface area contributed by atoms with Crippen molar-refractivity contribution < 1.29 is 23.9 Å². The number of imide groups is 1. The Bertz CT molecular complexity index is 1370. The monoisotopic (exact) mass is 535 g/mol. The van der Waals surface area contributed by atoms with Crippen molar-refractivity contribution in [2.75, 3.05) is 4.90 Å². The lowest BCUT2D eigenvalue weighted by molar-refractivity contribution is -0.127. The number of rotatable bonds is 2. The summed E-state index contributed by atoms with van der Waals surface area (Å²) in [6.45, 7) is 0. The summed E-state index contributed by atoms with van der Waals surface area (Å²) in [4.78, 5) is 56.0. The van der Waals surface area contributed by atoms with Gasteiger partial charge < -0.3 is 4.74 Å². The first-order chi connectivity index (χ1) is 16.3. The molecule has 0 bridgehead atoms. The number of fused-ring (bicyclic) bond motifs is 3. The van der Waals surface area contributed by atoms with Crippen LogP contribution in [0.5, 0.6) is 0 Å². The highest BCUT2D eigenvalue weighted by Crippen LogP contribution is 2.57. The van der Waals surface area contributed by atoms with Crippen LogP contribution in [0.25, 0.3) is 0 Å². The zero-order valence-corrected chi connectivity index (χ0v) is 19.7. The predicted molar refractivity (Wildman–Crippen MR) is 127 cm³/mol. The summed E-state index contributed by atoms with van der Waals surface area (Å²) < 4.78 is 7.02. The van der Waals surface area contributed by atoms with Gasteiger partial charge >= 0.3 is 0 Å². The van der Waals surface area contributed by atoms with Crippen molar-refractivity contribution in [2.45, 2.75) is 11.7 Å². The van der Waals surface area contributed by atoms with E-state index in [-0.39, 0.29) is 11.1 Å². The van der Waals surface area contributed by atoms with Crippen LogP contribution in [0.2, 0.25) is 5.02 Å². The summed E-state index contributed by atoms with van der Waals surface area (Å²) in [6, 6.07) is 19.8. The van der Waals surface area contributed by atoms with Crippen LogP contribution in [-0.4, -0.2) is 29.0 Å². The zero-order valence-electron chi connectivity index (χ0n) is 17.4. The largest absolute Gasteiger partial charge is 0.349 e. The fourth-order valence-electron chi connectivity index (χ4n) is 5.32. The summed E-state index contributed by atoms with van der Waals surface area (Å²) in [5.74, 6) is -4.62. The van der Waals surface area contributed by atoms with Gasteiger partial charge in [-0.15, -0.1) is 0 Å². The minimum Gasteiger partial charge on any atom is -0.349 e. The van der Waals surface area contributed by atoms with Gasteiger partial charge in [-0.25, -0.2) is 4.90 Å². The van der Waals surface area contributed by atoms with Gasteiger partial charge in [-0.1, -0.05) is 63.9 Å². The second kappa shape index (κ2) is 7.43. The Labute approximate surface area is 207 Å². The molecular formula is C26H15BrClNO5. The van der Waals surface area contributed by atoms with Gasteiger partial charge in [-0.2, -0.15) is 0 Å². The molecule has 0 saturated carbocycles. The highest BCUT2D eigenvalue weighted by molar-refractivity contribution is 9.10. The third-order valence-corrected chi connectivity index (χ3v) is 7.58. The van der Waals surface area contributed by atoms with E-state index in [0.717, 1.165) is 9.37 Å². The van der Waals surface area contributed by atoms with E-state index < -0.39 is 46.9 Å². The first kappa shape index (κ1) is 21.4. The smallest absolute Gasteiger partial charge is 0.241 e. The molecule has 0 radical (unpaired) electrons. The van der Waals surface area contributed by atoms with Gasteiger partial charge in [0, 0.05) is 20.6 Å². The van der Waals surface area contributed by atoms with E-state index in [1.54, 1.807) is 72.8 Å². The molecule has 1 spiro atoms. The highest BCUT2D eigenvalue weighted by atomic mass is 79.9. The molecular weight excluding hydrogens is 522 g/mol. The fourth-order valence-corrected chi connectivity index (χ4v) is 5.71. The van der Waals surface area contributed by atoms with E-state index in [9.17, 15) is 19.2 Å². The topological polar surface area (TPSA) is 80.8 Å². The lowest BCUT2D eigenvalue weighted by Gasteiger charge is -2.27. The SMILES string of the molecule is O=C1[C@H]2[C@H](c3ccc(Cl)cc3)OC3(C(=O)c4ccccc4C3=O)[C@H]2C(=O)N1c1ccc(Br)cc1. The molecule has 168 valence electrons. The number of Topliss-reactive ketones (excluding diaryl/α,β-unsaturated/α-hetero) is 2. The lowest BCUT2D eigenvalue weighted by Crippen LogP contribution is -2.51. The van der Waals surface area contributed by atoms with Gasteiger partial charge in [0.25, 0.3) is 0 Å². The average Bonchev–Trinajstić information content (AvgIpc) is 3.40. The molecule has 2 aliphatic heterocycles. The number of amides is 2. The Kier molecular flexibility index (Phi) is 4.68. The van der Waals surface area contributed by atoms with Crippen LogP contribution >= 0.6 is 27.5 Å². The van der Waals surface area contributed by atoms with Crippen molar-refractivity contribution in [3.63, 3.8) is 0 Å². The van der Waals surface area contributed by atoms with Crippen LogP contribution < -0.4 is 4.90 Å². The molecule has 3 atom stereocenters. The molecule has 8 heteroatoms. The number of benzene rings is 3. The number of anilines is 1. The third-order valence-electron chi connectivity index (χ3n) is 6.80. The van der Waals surface area contributed by atoms with Crippen LogP contribution in [0, 0.1) is 11.8 Å². The molecule has 3 aliphatic rings. The molecule has 2 saturated heterocycles. The van der Waals surface area contributed by atoms with Crippen molar-refractivity contribution in [3.05, 3.63) is 99.0 Å². The Balaban J connectivity index is 1.54. The normalized spacial score (nSPS) is 24.8. The molecule has 2 amide bonds. The average molecular weight is 537 g/mol. The van der Waals surface area contributed by atoms with Gasteiger partial charge in [0.05, 0.1) is 23.6 Å². The van der Waals surface area contributed by atoms with Crippen LogP contribution in [0.3, 0.4) is 0 Å². The Hall–Kier alpha value is -3.13. The number of nitrogens with zero attached hydrogens (tertiary/aromatic N) is 1. The molecule has 0 aromatic heterocycles. The Morgan fingerprint density at radius 1 is 0.794 bits per heavy atom. The fraction of sp³-hybridized carbons (Fsp3) is 0.154. The summed E-state index contributed by atoms with van der Waals surface area (Å²) in [5, 5.41) is 0.485. The van der Waals surface area contributed by atoms with Crippen molar-refractivity contribution in [1.29, 1.82) is 0 Å². The first-order valence-electron chi connectivity index (χ1n) is 10.6. The number of halogens is 2. The second-order valence-corrected chi connectivity index (χ2v) is 9.87. The van der Waals surface area contributed by atoms with E-state index in [1.165, 1.54) is 0 Å². The standard InChI is InChI=1S/C26H15BrClNO5/c27-14-7-11-16(12-8-14)29-24(32)19-20(25(29)33)26(34-21(19)13-5-9-15(28)10-6-13)22(30)17-3-1-2-4-18(17)23(26)31/h1-12,19-21H/t19-,20-,21+/m1/s1. The number of carbonyl (C=O) groups excluding carboxylic acids is 4. The Morgan fingerprint density at radius 2 is 1.38 bits per heavy atom. The van der Waals surface area contributed by atoms with Crippen LogP contribution in [0.15, 0.2) is 77.3 Å². The van der Waals surface area contributed by atoms with Crippen LogP contribution in [0.4, 0.5) is 5.69 Å². The lowest BCUT2D eigenvalue weighted by atomic mass is 9.77. The van der Waals surface area contributed by atoms with Gasteiger partial charge in [0.1, 0.15) is 0 Å². The van der Waals surface area contributed by atoms with E-state index in [0.29, 0.717) is 16.3 Å². The molecule has 6 nitrogen and oxygen atoms in total. The molecule has 3 aromatic carbocycles. The minimum atomic E-state index is -2.09. The minimum absolute atomic E-state index is 0.199. The number of carbonyl (C=O) groups is 4.